The van der Waals surface area contributed by atoms with Crippen LogP contribution in [0.2, 0.25) is 0 Å². The van der Waals surface area contributed by atoms with Crippen molar-refractivity contribution in [3.05, 3.63) is 57.5 Å². The van der Waals surface area contributed by atoms with Crippen molar-refractivity contribution in [3.8, 4) is 17.0 Å². The zero-order chi connectivity index (χ0) is 14.7. The van der Waals surface area contributed by atoms with Gasteiger partial charge in [0.15, 0.2) is 5.13 Å². The number of hydrogen-bond acceptors (Lipinski definition) is 4. The average Bonchev–Trinajstić information content (AvgIpc) is 2.98. The lowest BCUT2D eigenvalue weighted by Crippen LogP contribution is -1.89. The van der Waals surface area contributed by atoms with E-state index in [9.17, 15) is 0 Å². The fourth-order valence-corrected chi connectivity index (χ4v) is 3.00. The van der Waals surface area contributed by atoms with Gasteiger partial charge in [0.05, 0.1) is 12.8 Å². The van der Waals surface area contributed by atoms with Crippen molar-refractivity contribution in [3.63, 3.8) is 0 Å². The molecule has 0 unspecified atom stereocenters. The minimum atomic E-state index is 0.840. The smallest absolute Gasteiger partial charge is 0.187 e. The molecule has 106 valence electrons. The highest BCUT2D eigenvalue weighted by molar-refractivity contribution is 14.1. The Bertz CT molecular complexity index is 740. The monoisotopic (exact) mass is 408 g/mol. The largest absolute Gasteiger partial charge is 0.497 e. The fraction of sp³-hybridized carbons (Fsp3) is 0.0625. The van der Waals surface area contributed by atoms with Gasteiger partial charge in [-0.05, 0) is 59.0 Å². The minimum Gasteiger partial charge on any atom is -0.497 e. The van der Waals surface area contributed by atoms with Crippen LogP contribution >= 0.6 is 33.9 Å². The van der Waals surface area contributed by atoms with Crippen LogP contribution in [0.15, 0.2) is 53.9 Å². The molecule has 1 N–H and O–H groups in total. The Morgan fingerprint density at radius 2 is 1.95 bits per heavy atom. The van der Waals surface area contributed by atoms with E-state index in [1.807, 2.05) is 41.8 Å². The normalized spacial score (nSPS) is 10.4. The van der Waals surface area contributed by atoms with Gasteiger partial charge in [-0.15, -0.1) is 11.3 Å². The molecule has 0 spiro atoms. The number of thiazole rings is 1. The van der Waals surface area contributed by atoms with E-state index in [1.165, 1.54) is 3.57 Å². The summed E-state index contributed by atoms with van der Waals surface area (Å²) in [6, 6.07) is 16.2. The summed E-state index contributed by atoms with van der Waals surface area (Å²) >= 11 is 3.89. The van der Waals surface area contributed by atoms with Gasteiger partial charge < -0.3 is 10.1 Å². The molecule has 21 heavy (non-hydrogen) atoms. The fourth-order valence-electron chi connectivity index (χ4n) is 1.90. The molecule has 3 nitrogen and oxygen atoms in total. The Morgan fingerprint density at radius 3 is 2.71 bits per heavy atom. The first-order valence-corrected chi connectivity index (χ1v) is 8.33. The van der Waals surface area contributed by atoms with Crippen molar-refractivity contribution in [2.45, 2.75) is 0 Å². The minimum absolute atomic E-state index is 0.840. The van der Waals surface area contributed by atoms with Gasteiger partial charge >= 0.3 is 0 Å². The second-order valence-electron chi connectivity index (χ2n) is 4.40. The van der Waals surface area contributed by atoms with E-state index >= 15 is 0 Å². The van der Waals surface area contributed by atoms with Crippen molar-refractivity contribution >= 4 is 44.7 Å². The number of ether oxygens (including phenoxy) is 1. The summed E-state index contributed by atoms with van der Waals surface area (Å²) < 4.78 is 6.47. The number of benzene rings is 2. The van der Waals surface area contributed by atoms with Gasteiger partial charge in [-0.25, -0.2) is 4.98 Å². The van der Waals surface area contributed by atoms with Gasteiger partial charge in [-0.3, -0.25) is 0 Å². The van der Waals surface area contributed by atoms with Gasteiger partial charge in [-0.1, -0.05) is 12.1 Å². The van der Waals surface area contributed by atoms with Gasteiger partial charge in [0, 0.05) is 20.2 Å². The van der Waals surface area contributed by atoms with Crippen LogP contribution in [0, 0.1) is 3.57 Å². The van der Waals surface area contributed by atoms with E-state index < -0.39 is 0 Å². The maximum absolute atomic E-state index is 5.25. The third-order valence-electron chi connectivity index (χ3n) is 2.97. The number of nitrogens with zero attached hydrogens (tertiary/aromatic N) is 1. The van der Waals surface area contributed by atoms with Crippen LogP contribution in [0.4, 0.5) is 10.8 Å². The summed E-state index contributed by atoms with van der Waals surface area (Å²) in [5.41, 5.74) is 3.05. The molecule has 0 atom stereocenters. The Labute approximate surface area is 141 Å². The van der Waals surface area contributed by atoms with Crippen LogP contribution < -0.4 is 10.1 Å². The lowest BCUT2D eigenvalue weighted by atomic mass is 10.2. The standard InChI is InChI=1S/C16H13IN2OS/c1-20-14-4-2-3-11(9-14)15-10-21-16(19-15)18-13-7-5-12(17)6-8-13/h2-10H,1H3,(H,18,19). The van der Waals surface area contributed by atoms with Gasteiger partial charge in [0.25, 0.3) is 0 Å². The Kier molecular flexibility index (Phi) is 4.40. The lowest BCUT2D eigenvalue weighted by molar-refractivity contribution is 0.415. The predicted octanol–water partition coefficient (Wildman–Crippen LogP) is 5.17. The van der Waals surface area contributed by atoms with Gasteiger partial charge in [-0.2, -0.15) is 0 Å². The second kappa shape index (κ2) is 6.44. The van der Waals surface area contributed by atoms with Crippen LogP contribution in [0.3, 0.4) is 0 Å². The van der Waals surface area contributed by atoms with Crippen molar-refractivity contribution in [2.75, 3.05) is 12.4 Å². The van der Waals surface area contributed by atoms with E-state index in [4.69, 9.17) is 4.74 Å². The van der Waals surface area contributed by atoms with Gasteiger partial charge in [0.1, 0.15) is 5.75 Å². The molecule has 0 amide bonds. The predicted molar refractivity (Wildman–Crippen MR) is 96.5 cm³/mol. The zero-order valence-corrected chi connectivity index (χ0v) is 14.3. The molecular formula is C16H13IN2OS. The number of rotatable bonds is 4. The molecule has 3 rings (SSSR count). The van der Waals surface area contributed by atoms with Gasteiger partial charge in [0.2, 0.25) is 0 Å². The SMILES string of the molecule is COc1cccc(-c2csc(Nc3ccc(I)cc3)n2)c1. The molecule has 0 bridgehead atoms. The number of halogens is 1. The van der Waals surface area contributed by atoms with E-state index in [0.717, 1.165) is 27.8 Å². The third kappa shape index (κ3) is 3.54. The molecule has 3 aromatic rings. The molecule has 0 aliphatic rings. The Hall–Kier alpha value is -1.60. The molecule has 0 aliphatic carbocycles. The average molecular weight is 408 g/mol. The summed E-state index contributed by atoms with van der Waals surface area (Å²) in [7, 11) is 1.67. The van der Waals surface area contributed by atoms with E-state index in [0.29, 0.717) is 0 Å². The third-order valence-corrected chi connectivity index (χ3v) is 4.44. The lowest BCUT2D eigenvalue weighted by Gasteiger charge is -2.03. The quantitative estimate of drug-likeness (QED) is 0.605. The topological polar surface area (TPSA) is 34.1 Å². The second-order valence-corrected chi connectivity index (χ2v) is 6.51. The van der Waals surface area contributed by atoms with Crippen LogP contribution in [-0.4, -0.2) is 12.1 Å². The van der Waals surface area contributed by atoms with Crippen LogP contribution in [0.1, 0.15) is 0 Å². The van der Waals surface area contributed by atoms with E-state index in [2.05, 4.69) is 45.0 Å². The Balaban J connectivity index is 1.81. The Morgan fingerprint density at radius 1 is 1.14 bits per heavy atom. The van der Waals surface area contributed by atoms with Crippen LogP contribution in [-0.2, 0) is 0 Å². The maximum Gasteiger partial charge on any atom is 0.187 e. The first-order valence-electron chi connectivity index (χ1n) is 6.37. The number of aromatic nitrogens is 1. The summed E-state index contributed by atoms with van der Waals surface area (Å²) in [5, 5.41) is 6.25. The molecule has 0 saturated carbocycles. The molecule has 5 heteroatoms. The number of nitrogens with one attached hydrogen (secondary N) is 1. The van der Waals surface area contributed by atoms with Crippen molar-refractivity contribution in [1.82, 2.24) is 4.98 Å². The van der Waals surface area contributed by atoms with E-state index in [1.54, 1.807) is 18.4 Å². The summed E-state index contributed by atoms with van der Waals surface area (Å²) in [6.07, 6.45) is 0. The maximum atomic E-state index is 5.25. The summed E-state index contributed by atoms with van der Waals surface area (Å²) in [6.45, 7) is 0. The van der Waals surface area contributed by atoms with Crippen molar-refractivity contribution in [1.29, 1.82) is 0 Å². The van der Waals surface area contributed by atoms with Crippen molar-refractivity contribution < 1.29 is 4.74 Å². The zero-order valence-electron chi connectivity index (χ0n) is 11.3. The first kappa shape index (κ1) is 14.3. The summed E-state index contributed by atoms with van der Waals surface area (Å²) in [4.78, 5) is 4.62. The van der Waals surface area contributed by atoms with E-state index in [-0.39, 0.29) is 0 Å². The first-order chi connectivity index (χ1) is 10.2. The molecule has 0 fully saturated rings. The number of anilines is 2. The number of hydrogen-bond donors (Lipinski definition) is 1. The highest BCUT2D eigenvalue weighted by Crippen LogP contribution is 2.29. The molecule has 0 aliphatic heterocycles. The highest BCUT2D eigenvalue weighted by atomic mass is 127. The molecule has 0 radical (unpaired) electrons. The number of methoxy groups -OCH3 is 1. The molecular weight excluding hydrogens is 395 g/mol. The van der Waals surface area contributed by atoms with Crippen LogP contribution in [0.25, 0.3) is 11.3 Å². The molecule has 0 saturated heterocycles. The van der Waals surface area contributed by atoms with Crippen molar-refractivity contribution in [2.24, 2.45) is 0 Å². The molecule has 2 aromatic carbocycles. The highest BCUT2D eigenvalue weighted by Gasteiger charge is 2.06. The molecule has 1 aromatic heterocycles. The van der Waals surface area contributed by atoms with Crippen LogP contribution in [0.5, 0.6) is 5.75 Å². The molecule has 1 heterocycles. The summed E-state index contributed by atoms with van der Waals surface area (Å²) in [5.74, 6) is 0.840.